The maximum atomic E-state index is 12.2. The van der Waals surface area contributed by atoms with E-state index in [1.165, 1.54) is 6.08 Å². The number of benzene rings is 1. The van der Waals surface area contributed by atoms with Gasteiger partial charge in [-0.25, -0.2) is 0 Å². The summed E-state index contributed by atoms with van der Waals surface area (Å²) in [5.74, 6) is 2.11. The van der Waals surface area contributed by atoms with Crippen molar-refractivity contribution < 1.29 is 9.53 Å². The monoisotopic (exact) mass is 443 g/mol. The lowest BCUT2D eigenvalue weighted by molar-refractivity contribution is -0.116. The zero-order chi connectivity index (χ0) is 21.3. The van der Waals surface area contributed by atoms with Crippen LogP contribution in [-0.2, 0) is 11.3 Å². The Bertz CT molecular complexity index is 983. The highest BCUT2D eigenvalue weighted by atomic mass is 32.2. The summed E-state index contributed by atoms with van der Waals surface area (Å²) >= 11 is 3.21. The number of ether oxygens (including phenoxy) is 1. The van der Waals surface area contributed by atoms with E-state index in [0.29, 0.717) is 5.82 Å². The second-order valence-electron chi connectivity index (χ2n) is 6.65. The number of hydrogen-bond acceptors (Lipinski definition) is 7. The molecule has 0 spiro atoms. The van der Waals surface area contributed by atoms with Crippen LogP contribution in [0.2, 0.25) is 0 Å². The molecule has 0 unspecified atom stereocenters. The highest BCUT2D eigenvalue weighted by molar-refractivity contribution is 7.99. The number of amides is 1. The van der Waals surface area contributed by atoms with Crippen LogP contribution in [0.4, 0.5) is 0 Å². The lowest BCUT2D eigenvalue weighted by Gasteiger charge is -2.13. The van der Waals surface area contributed by atoms with Gasteiger partial charge in [0, 0.05) is 29.3 Å². The van der Waals surface area contributed by atoms with E-state index in [0.717, 1.165) is 33.8 Å². The molecule has 2 aromatic heterocycles. The quantitative estimate of drug-likeness (QED) is 0.383. The lowest BCUT2D eigenvalue weighted by Crippen LogP contribution is -2.22. The summed E-state index contributed by atoms with van der Waals surface area (Å²) in [5.41, 5.74) is 0.894. The Morgan fingerprint density at radius 3 is 2.90 bits per heavy atom. The standard InChI is InChI=1S/C21H25N5O2S2/c1-25(2)11-13-30-21-24-23-19(26(21)16-6-4-7-17(14-16)28-3)15-22-20(27)10-9-18-8-5-12-29-18/h4-10,12,14H,11,13,15H2,1-3H3,(H,22,27)/b10-9+. The fraction of sp³-hybridized carbons (Fsp3) is 0.286. The largest absolute Gasteiger partial charge is 0.497 e. The lowest BCUT2D eigenvalue weighted by atomic mass is 10.3. The van der Waals surface area contributed by atoms with Gasteiger partial charge in [-0.05, 0) is 43.8 Å². The molecule has 3 aromatic rings. The SMILES string of the molecule is COc1cccc(-n2c(CNC(=O)/C=C/c3cccs3)nnc2SCCN(C)C)c1. The zero-order valence-electron chi connectivity index (χ0n) is 17.2. The molecule has 30 heavy (non-hydrogen) atoms. The van der Waals surface area contributed by atoms with E-state index in [1.54, 1.807) is 36.3 Å². The summed E-state index contributed by atoms with van der Waals surface area (Å²) < 4.78 is 7.33. The Labute approximate surface area is 184 Å². The summed E-state index contributed by atoms with van der Waals surface area (Å²) in [5, 5.41) is 14.3. The third kappa shape index (κ3) is 6.19. The molecule has 0 aliphatic carbocycles. The van der Waals surface area contributed by atoms with Crippen molar-refractivity contribution in [1.82, 2.24) is 25.0 Å². The molecule has 0 radical (unpaired) electrons. The van der Waals surface area contributed by atoms with Crippen molar-refractivity contribution in [2.75, 3.05) is 33.5 Å². The number of carbonyl (C=O) groups excluding carboxylic acids is 1. The highest BCUT2D eigenvalue weighted by Gasteiger charge is 2.15. The molecular formula is C21H25N5O2S2. The molecule has 1 amide bonds. The third-order valence-electron chi connectivity index (χ3n) is 4.14. The minimum Gasteiger partial charge on any atom is -0.497 e. The molecule has 158 valence electrons. The Hall–Kier alpha value is -2.62. The molecule has 0 aliphatic rings. The van der Waals surface area contributed by atoms with Crippen LogP contribution in [-0.4, -0.2) is 59.1 Å². The fourth-order valence-corrected chi connectivity index (χ4v) is 4.30. The van der Waals surface area contributed by atoms with Crippen LogP contribution in [0, 0.1) is 0 Å². The van der Waals surface area contributed by atoms with Crippen molar-refractivity contribution in [2.24, 2.45) is 0 Å². The van der Waals surface area contributed by atoms with Gasteiger partial charge in [0.2, 0.25) is 5.91 Å². The summed E-state index contributed by atoms with van der Waals surface area (Å²) in [7, 11) is 5.72. The van der Waals surface area contributed by atoms with E-state index in [9.17, 15) is 4.79 Å². The Morgan fingerprint density at radius 2 is 2.17 bits per heavy atom. The van der Waals surface area contributed by atoms with Gasteiger partial charge in [0.05, 0.1) is 19.3 Å². The van der Waals surface area contributed by atoms with Gasteiger partial charge in [-0.15, -0.1) is 21.5 Å². The van der Waals surface area contributed by atoms with E-state index in [4.69, 9.17) is 4.74 Å². The Morgan fingerprint density at radius 1 is 1.30 bits per heavy atom. The Balaban J connectivity index is 1.77. The fourth-order valence-electron chi connectivity index (χ4n) is 2.61. The number of nitrogens with zero attached hydrogens (tertiary/aromatic N) is 4. The van der Waals surface area contributed by atoms with Crippen LogP contribution >= 0.6 is 23.1 Å². The van der Waals surface area contributed by atoms with Crippen LogP contribution in [0.25, 0.3) is 11.8 Å². The van der Waals surface area contributed by atoms with Crippen molar-refractivity contribution in [1.29, 1.82) is 0 Å². The van der Waals surface area contributed by atoms with Gasteiger partial charge in [0.15, 0.2) is 11.0 Å². The molecule has 0 saturated heterocycles. The predicted octanol–water partition coefficient (Wildman–Crippen LogP) is 3.32. The molecule has 0 fully saturated rings. The van der Waals surface area contributed by atoms with Gasteiger partial charge in [0.25, 0.3) is 0 Å². The predicted molar refractivity (Wildman–Crippen MR) is 122 cm³/mol. The summed E-state index contributed by atoms with van der Waals surface area (Å²) in [6.45, 7) is 1.20. The van der Waals surface area contributed by atoms with Crippen molar-refractivity contribution in [2.45, 2.75) is 11.7 Å². The second-order valence-corrected chi connectivity index (χ2v) is 8.70. The number of methoxy groups -OCH3 is 1. The number of thiophene rings is 1. The van der Waals surface area contributed by atoms with Crippen LogP contribution in [0.15, 0.2) is 53.0 Å². The number of nitrogens with one attached hydrogen (secondary N) is 1. The zero-order valence-corrected chi connectivity index (χ0v) is 18.9. The topological polar surface area (TPSA) is 72.3 Å². The van der Waals surface area contributed by atoms with Gasteiger partial charge in [0.1, 0.15) is 5.75 Å². The van der Waals surface area contributed by atoms with Gasteiger partial charge in [-0.3, -0.25) is 9.36 Å². The average molecular weight is 444 g/mol. The van der Waals surface area contributed by atoms with E-state index in [-0.39, 0.29) is 12.5 Å². The van der Waals surface area contributed by atoms with E-state index in [1.807, 2.05) is 60.4 Å². The molecule has 0 saturated carbocycles. The van der Waals surface area contributed by atoms with E-state index < -0.39 is 0 Å². The minimum atomic E-state index is -0.176. The van der Waals surface area contributed by atoms with Crippen LogP contribution in [0.3, 0.4) is 0 Å². The summed E-state index contributed by atoms with van der Waals surface area (Å²) in [6.07, 6.45) is 3.33. The molecule has 0 aliphatic heterocycles. The maximum absolute atomic E-state index is 12.2. The summed E-state index contributed by atoms with van der Waals surface area (Å²) in [6, 6.07) is 11.6. The van der Waals surface area contributed by atoms with E-state index >= 15 is 0 Å². The highest BCUT2D eigenvalue weighted by Crippen LogP contribution is 2.24. The average Bonchev–Trinajstić information content (AvgIpc) is 3.40. The first-order chi connectivity index (χ1) is 14.6. The van der Waals surface area contributed by atoms with Gasteiger partial charge in [-0.1, -0.05) is 23.9 Å². The minimum absolute atomic E-state index is 0.176. The molecule has 2 heterocycles. The van der Waals surface area contributed by atoms with Gasteiger partial charge < -0.3 is 15.0 Å². The molecule has 1 N–H and O–H groups in total. The smallest absolute Gasteiger partial charge is 0.244 e. The first-order valence-corrected chi connectivity index (χ1v) is 11.3. The normalized spacial score (nSPS) is 11.3. The van der Waals surface area contributed by atoms with Crippen LogP contribution in [0.1, 0.15) is 10.7 Å². The maximum Gasteiger partial charge on any atom is 0.244 e. The number of thioether (sulfide) groups is 1. The molecule has 9 heteroatoms. The molecular weight excluding hydrogens is 418 g/mol. The summed E-state index contributed by atoms with van der Waals surface area (Å²) in [4.78, 5) is 15.4. The van der Waals surface area contributed by atoms with Crippen molar-refractivity contribution in [3.63, 3.8) is 0 Å². The second kappa shape index (κ2) is 11.0. The number of aromatic nitrogens is 3. The van der Waals surface area contributed by atoms with Crippen molar-refractivity contribution in [3.8, 4) is 11.4 Å². The third-order valence-corrected chi connectivity index (χ3v) is 5.89. The van der Waals surface area contributed by atoms with Crippen LogP contribution in [0.5, 0.6) is 5.75 Å². The molecule has 7 nitrogen and oxygen atoms in total. The van der Waals surface area contributed by atoms with Crippen molar-refractivity contribution >= 4 is 35.1 Å². The Kier molecular flexibility index (Phi) is 8.06. The molecule has 1 aromatic carbocycles. The first kappa shape index (κ1) is 22.1. The number of rotatable bonds is 10. The first-order valence-electron chi connectivity index (χ1n) is 9.42. The van der Waals surface area contributed by atoms with Gasteiger partial charge >= 0.3 is 0 Å². The molecule has 0 bridgehead atoms. The van der Waals surface area contributed by atoms with Gasteiger partial charge in [-0.2, -0.15) is 0 Å². The number of carbonyl (C=O) groups is 1. The van der Waals surface area contributed by atoms with Crippen molar-refractivity contribution in [3.05, 3.63) is 58.6 Å². The van der Waals surface area contributed by atoms with E-state index in [2.05, 4.69) is 20.4 Å². The molecule has 0 atom stereocenters. The number of hydrogen-bond donors (Lipinski definition) is 1. The molecule has 3 rings (SSSR count). The van der Waals surface area contributed by atoms with Crippen LogP contribution < -0.4 is 10.1 Å².